The summed E-state index contributed by atoms with van der Waals surface area (Å²) in [6.45, 7) is 4.07. The van der Waals surface area contributed by atoms with Crippen molar-refractivity contribution in [1.82, 2.24) is 19.5 Å². The van der Waals surface area contributed by atoms with Gasteiger partial charge in [-0.25, -0.2) is 4.98 Å². The van der Waals surface area contributed by atoms with E-state index in [2.05, 4.69) is 20.3 Å². The molecule has 2 aromatic heterocycles. The first-order chi connectivity index (χ1) is 14.4. The second-order valence-corrected chi connectivity index (χ2v) is 8.15. The largest absolute Gasteiger partial charge is 0.394 e. The van der Waals surface area contributed by atoms with Crippen molar-refractivity contribution in [3.05, 3.63) is 47.5 Å². The highest BCUT2D eigenvalue weighted by Crippen LogP contribution is 2.43. The summed E-state index contributed by atoms with van der Waals surface area (Å²) in [4.78, 5) is 13.2. The van der Waals surface area contributed by atoms with Crippen LogP contribution in [0.25, 0.3) is 11.2 Å². The Kier molecular flexibility index (Phi) is 4.87. The molecule has 2 aliphatic rings. The highest BCUT2D eigenvalue weighted by Gasteiger charge is 2.56. The number of hydrogen-bond acceptors (Lipinski definition) is 8. The van der Waals surface area contributed by atoms with Crippen molar-refractivity contribution in [2.75, 3.05) is 11.9 Å². The number of nitrogens with one attached hydrogen (secondary N) is 1. The fourth-order valence-electron chi connectivity index (χ4n) is 4.01. The molecule has 9 nitrogen and oxygen atoms in total. The first-order valence-corrected chi connectivity index (χ1v) is 10.1. The van der Waals surface area contributed by atoms with E-state index < -0.39 is 24.2 Å². The lowest BCUT2D eigenvalue weighted by atomic mass is 10.1. The fraction of sp³-hybridized carbons (Fsp3) is 0.450. The molecule has 4 heterocycles. The summed E-state index contributed by atoms with van der Waals surface area (Å²) in [5.41, 5.74) is 2.19. The maximum atomic E-state index is 9.74. The van der Waals surface area contributed by atoms with Crippen LogP contribution in [0.5, 0.6) is 0 Å². The molecule has 0 radical (unpaired) electrons. The summed E-state index contributed by atoms with van der Waals surface area (Å²) in [6.07, 6.45) is -0.247. The monoisotopic (exact) mass is 431 g/mol. The summed E-state index contributed by atoms with van der Waals surface area (Å²) in [6, 6.07) is 9.96. The average Bonchev–Trinajstić information content (AvgIpc) is 3.37. The van der Waals surface area contributed by atoms with Gasteiger partial charge in [-0.2, -0.15) is 9.97 Å². The molecule has 30 heavy (non-hydrogen) atoms. The maximum absolute atomic E-state index is 9.74. The van der Waals surface area contributed by atoms with Crippen LogP contribution in [0.1, 0.15) is 25.6 Å². The molecule has 2 fully saturated rings. The predicted molar refractivity (Wildman–Crippen MR) is 109 cm³/mol. The van der Waals surface area contributed by atoms with Crippen molar-refractivity contribution in [2.45, 2.75) is 50.7 Å². The lowest BCUT2D eigenvalue weighted by Crippen LogP contribution is -2.31. The van der Waals surface area contributed by atoms with E-state index in [1.165, 1.54) is 0 Å². The summed E-state index contributed by atoms with van der Waals surface area (Å²) in [5.74, 6) is -0.235. The topological polar surface area (TPSA) is 104 Å². The summed E-state index contributed by atoms with van der Waals surface area (Å²) in [5, 5.41) is 13.1. The Hall–Kier alpha value is -2.30. The molecule has 158 valence electrons. The van der Waals surface area contributed by atoms with Gasteiger partial charge >= 0.3 is 0 Å². The van der Waals surface area contributed by atoms with Gasteiger partial charge in [-0.3, -0.25) is 4.57 Å². The van der Waals surface area contributed by atoms with Crippen LogP contribution in [-0.2, 0) is 20.8 Å². The molecule has 5 rings (SSSR count). The van der Waals surface area contributed by atoms with Crippen LogP contribution in [0, 0.1) is 0 Å². The zero-order valence-electron chi connectivity index (χ0n) is 16.5. The van der Waals surface area contributed by atoms with Crippen LogP contribution in [-0.4, -0.2) is 55.3 Å². The van der Waals surface area contributed by atoms with Gasteiger partial charge in [0.05, 0.1) is 12.9 Å². The van der Waals surface area contributed by atoms with E-state index in [1.54, 1.807) is 10.9 Å². The van der Waals surface area contributed by atoms with Crippen LogP contribution in [0.15, 0.2) is 36.7 Å². The van der Waals surface area contributed by atoms with Gasteiger partial charge in [0, 0.05) is 6.54 Å². The lowest BCUT2D eigenvalue weighted by Gasteiger charge is -2.24. The highest BCUT2D eigenvalue weighted by atomic mass is 35.5. The van der Waals surface area contributed by atoms with Gasteiger partial charge in [-0.1, -0.05) is 30.3 Å². The molecule has 0 aliphatic carbocycles. The number of aliphatic hydroxyl groups excluding tert-OH is 1. The molecule has 4 atom stereocenters. The zero-order valence-corrected chi connectivity index (χ0v) is 17.3. The minimum absolute atomic E-state index is 0.0944. The SMILES string of the molecule is CC1(C)O[C@@H]2[C@H](O1)C(CO)O[C@H]2n1cnc2c(NCc3ccccc3)nc(Cl)nc21. The van der Waals surface area contributed by atoms with E-state index in [9.17, 15) is 5.11 Å². The second kappa shape index (κ2) is 7.44. The number of aromatic nitrogens is 4. The van der Waals surface area contributed by atoms with Gasteiger partial charge < -0.3 is 24.6 Å². The number of fused-ring (bicyclic) bond motifs is 2. The third-order valence-corrected chi connectivity index (χ3v) is 5.45. The molecular weight excluding hydrogens is 410 g/mol. The van der Waals surface area contributed by atoms with Gasteiger partial charge in [0.25, 0.3) is 0 Å². The van der Waals surface area contributed by atoms with Crippen LogP contribution in [0.3, 0.4) is 0 Å². The van der Waals surface area contributed by atoms with E-state index in [4.69, 9.17) is 25.8 Å². The Morgan fingerprint density at radius 2 is 1.93 bits per heavy atom. The average molecular weight is 432 g/mol. The van der Waals surface area contributed by atoms with Gasteiger partial charge in [0.2, 0.25) is 5.28 Å². The standard InChI is InChI=1S/C20H22ClN5O4/c1-20(2)29-14-12(9-27)28-18(15(14)30-20)26-10-23-13-16(24-19(21)25-17(13)26)22-8-11-6-4-3-5-7-11/h3-7,10,12,14-15,18,27H,8-9H2,1-2H3,(H,22,24,25)/t12?,14-,15-,18-/m1/s1. The van der Waals surface area contributed by atoms with Crippen LogP contribution < -0.4 is 5.32 Å². The van der Waals surface area contributed by atoms with Crippen molar-refractivity contribution in [2.24, 2.45) is 0 Å². The van der Waals surface area contributed by atoms with Gasteiger partial charge in [-0.05, 0) is 31.0 Å². The zero-order chi connectivity index (χ0) is 20.9. The quantitative estimate of drug-likeness (QED) is 0.594. The Labute approximate surface area is 178 Å². The van der Waals surface area contributed by atoms with Crippen LogP contribution in [0.4, 0.5) is 5.82 Å². The normalized spacial score (nSPS) is 27.5. The fourth-order valence-corrected chi connectivity index (χ4v) is 4.18. The van der Waals surface area contributed by atoms with E-state index >= 15 is 0 Å². The number of aliphatic hydroxyl groups is 1. The predicted octanol–water partition coefficient (Wildman–Crippen LogP) is 2.50. The molecule has 2 N–H and O–H groups in total. The first-order valence-electron chi connectivity index (χ1n) is 9.75. The van der Waals surface area contributed by atoms with Crippen molar-refractivity contribution >= 4 is 28.6 Å². The Bertz CT molecular complexity index is 1060. The Morgan fingerprint density at radius 1 is 1.17 bits per heavy atom. The number of anilines is 1. The number of hydrogen-bond donors (Lipinski definition) is 2. The minimum Gasteiger partial charge on any atom is -0.394 e. The molecule has 10 heteroatoms. The van der Waals surface area contributed by atoms with E-state index in [0.717, 1.165) is 5.56 Å². The van der Waals surface area contributed by atoms with Crippen molar-refractivity contribution in [3.63, 3.8) is 0 Å². The van der Waals surface area contributed by atoms with Crippen molar-refractivity contribution < 1.29 is 19.3 Å². The lowest BCUT2D eigenvalue weighted by molar-refractivity contribution is -0.199. The summed E-state index contributed by atoms with van der Waals surface area (Å²) >= 11 is 6.21. The van der Waals surface area contributed by atoms with E-state index in [1.807, 2.05) is 44.2 Å². The number of halogens is 1. The molecule has 0 spiro atoms. The highest BCUT2D eigenvalue weighted by molar-refractivity contribution is 6.28. The number of rotatable bonds is 5. The van der Waals surface area contributed by atoms with Gasteiger partial charge in [0.1, 0.15) is 18.3 Å². The molecule has 2 aliphatic heterocycles. The smallest absolute Gasteiger partial charge is 0.226 e. The van der Waals surface area contributed by atoms with E-state index in [-0.39, 0.29) is 18.0 Å². The van der Waals surface area contributed by atoms with Crippen LogP contribution >= 0.6 is 11.6 Å². The summed E-state index contributed by atoms with van der Waals surface area (Å²) in [7, 11) is 0. The molecule has 1 unspecified atom stereocenters. The molecule has 2 saturated heterocycles. The number of benzene rings is 1. The molecular formula is C20H22ClN5O4. The van der Waals surface area contributed by atoms with Crippen molar-refractivity contribution in [1.29, 1.82) is 0 Å². The van der Waals surface area contributed by atoms with Crippen molar-refractivity contribution in [3.8, 4) is 0 Å². The van der Waals surface area contributed by atoms with Crippen LogP contribution in [0.2, 0.25) is 5.28 Å². The minimum atomic E-state index is -0.768. The molecule has 0 amide bonds. The molecule has 0 bridgehead atoms. The Morgan fingerprint density at radius 3 is 2.70 bits per heavy atom. The number of ether oxygens (including phenoxy) is 3. The van der Waals surface area contributed by atoms with Gasteiger partial charge in [0.15, 0.2) is 29.0 Å². The van der Waals surface area contributed by atoms with E-state index in [0.29, 0.717) is 23.5 Å². The molecule has 0 saturated carbocycles. The number of nitrogens with zero attached hydrogens (tertiary/aromatic N) is 4. The third kappa shape index (κ3) is 3.42. The number of imidazole rings is 1. The molecule has 1 aromatic carbocycles. The second-order valence-electron chi connectivity index (χ2n) is 7.82. The first kappa shape index (κ1) is 19.7. The third-order valence-electron chi connectivity index (χ3n) is 5.28. The summed E-state index contributed by atoms with van der Waals surface area (Å²) < 4.78 is 19.8. The molecule has 3 aromatic rings. The Balaban J connectivity index is 1.48. The van der Waals surface area contributed by atoms with Gasteiger partial charge in [-0.15, -0.1) is 0 Å². The maximum Gasteiger partial charge on any atom is 0.226 e.